The Labute approximate surface area is 202 Å². The first kappa shape index (κ1) is 49.5. The Bertz CT molecular complexity index is 129. The van der Waals surface area contributed by atoms with Crippen molar-refractivity contribution < 1.29 is 67.1 Å². The fourth-order valence-corrected chi connectivity index (χ4v) is 0. The molecule has 0 aliphatic heterocycles. The summed E-state index contributed by atoms with van der Waals surface area (Å²) in [6, 6.07) is 0. The van der Waals surface area contributed by atoms with E-state index in [9.17, 15) is 0 Å². The van der Waals surface area contributed by atoms with Crippen molar-refractivity contribution in [3.05, 3.63) is 0 Å². The van der Waals surface area contributed by atoms with E-state index in [0.29, 0.717) is 0 Å². The minimum atomic E-state index is -1.50. The Morgan fingerprint density at radius 2 is 0.450 bits per heavy atom. The van der Waals surface area contributed by atoms with Crippen molar-refractivity contribution in [2.24, 2.45) is 0 Å². The Morgan fingerprint density at radius 3 is 0.450 bits per heavy atom. The average molecular weight is 508 g/mol. The monoisotopic (exact) mass is 508 g/mol. The van der Waals surface area contributed by atoms with E-state index in [2.05, 4.69) is 0 Å². The standard InChI is InChI=1S/6Al.Ni.6H2O.6O.Sr.2H/h;;;;;;;6*1H2;;;;;;;;;/q6*+1;;;;;;;;;;;;;;+2;2*-1/p-6. The summed E-state index contributed by atoms with van der Waals surface area (Å²) < 4.78 is 94.0. The third kappa shape index (κ3) is 1060. The first-order valence-corrected chi connectivity index (χ1v) is 8.89. The van der Waals surface area contributed by atoms with Crippen LogP contribution in [0.3, 0.4) is 0 Å². The van der Waals surface area contributed by atoms with Crippen LogP contribution in [0.4, 0.5) is 0 Å². The van der Waals surface area contributed by atoms with Crippen LogP contribution in [-0.2, 0) is 39.3 Å². The van der Waals surface area contributed by atoms with E-state index in [4.69, 9.17) is 47.8 Å². The summed E-state index contributed by atoms with van der Waals surface area (Å²) in [5.74, 6) is 0. The van der Waals surface area contributed by atoms with E-state index in [0.717, 1.165) is 0 Å². The van der Waals surface area contributed by atoms with Crippen LogP contribution >= 0.6 is 0 Å². The Balaban J connectivity index is -0.00000000947. The van der Waals surface area contributed by atoms with Crippen LogP contribution < -0.4 is 0 Å². The van der Waals surface area contributed by atoms with E-state index >= 15 is 0 Å². The third-order valence-electron chi connectivity index (χ3n) is 0. The van der Waals surface area contributed by atoms with Crippen molar-refractivity contribution in [3.8, 4) is 0 Å². The fourth-order valence-electron chi connectivity index (χ4n) is 0. The van der Waals surface area contributed by atoms with Crippen LogP contribution in [0.5, 0.6) is 0 Å². The van der Waals surface area contributed by atoms with Crippen LogP contribution in [0.1, 0.15) is 2.85 Å². The molecule has 0 saturated heterocycles. The predicted octanol–water partition coefficient (Wildman–Crippen LogP) is -6.50. The van der Waals surface area contributed by atoms with Crippen molar-refractivity contribution in [3.63, 3.8) is 0 Å². The van der Waals surface area contributed by atoms with Crippen LogP contribution in [0.2, 0.25) is 0 Å². The molecule has 0 rings (SSSR count). The molecule has 0 aromatic heterocycles. The molecule has 0 amide bonds. The molecule has 110 valence electrons. The van der Waals surface area contributed by atoms with Gasteiger partial charge in [-0.15, -0.1) is 0 Å². The van der Waals surface area contributed by atoms with Gasteiger partial charge in [0.05, 0.1) is 0 Å². The molecule has 0 aromatic carbocycles. The molecule has 6 N–H and O–H groups in total. The second-order valence-corrected chi connectivity index (χ2v) is 1.90. The Hall–Kier alpha value is 2.77. The van der Waals surface area contributed by atoms with Gasteiger partial charge in [0, 0.05) is 16.5 Å². The molecule has 0 unspecified atom stereocenters. The molecule has 0 radical (unpaired) electrons. The van der Waals surface area contributed by atoms with Crippen LogP contribution in [0.25, 0.3) is 0 Å². The van der Waals surface area contributed by atoms with Gasteiger partial charge in [-0.3, -0.25) is 0 Å². The molecule has 0 aliphatic rings. The molecule has 0 aliphatic carbocycles. The molecule has 0 aromatic rings. The molecule has 0 spiro atoms. The fraction of sp³-hybridized carbons (Fsp3) is 0. The maximum Gasteiger partial charge on any atom is 2.00 e. The molecule has 0 bridgehead atoms. The summed E-state index contributed by atoms with van der Waals surface area (Å²) in [5, 5.41) is 0. The van der Waals surface area contributed by atoms with E-state index < -0.39 is 92.9 Å². The first-order valence-electron chi connectivity index (χ1n) is 2.96. The van der Waals surface area contributed by atoms with Gasteiger partial charge in [-0.2, -0.15) is 0 Å². The topological polar surface area (TPSA) is 224 Å². The Morgan fingerprint density at radius 1 is 0.450 bits per heavy atom. The molecular weight excluding hydrogens is 500 g/mol. The SMILES string of the molecule is [H-].[H-].[Ni].[O]=[Al][OH].[O]=[Al][OH].[O]=[Al][OH].[O]=[Al][OH].[O]=[Al][OH].[O]=[Al][OH].[Sr+2]. The van der Waals surface area contributed by atoms with Gasteiger partial charge < -0.3 is 2.85 Å². The van der Waals surface area contributed by atoms with E-state index in [1.165, 1.54) is 0 Å². The molecular formula is H8Al6NiO12Sr. The summed E-state index contributed by atoms with van der Waals surface area (Å²) in [5.41, 5.74) is 0. The molecule has 20 heteroatoms. The molecule has 0 fully saturated rings. The van der Waals surface area contributed by atoms with Crippen LogP contribution in [0.15, 0.2) is 0 Å². The quantitative estimate of drug-likeness (QED) is 0.168. The summed E-state index contributed by atoms with van der Waals surface area (Å²) in [7, 11) is 0. The summed E-state index contributed by atoms with van der Waals surface area (Å²) >= 11 is -9.00. The van der Waals surface area contributed by atoms with E-state index in [1.54, 1.807) is 0 Å². The molecule has 20 heavy (non-hydrogen) atoms. The first-order chi connectivity index (χ1) is 8.49. The number of hydrogen-bond acceptors (Lipinski definition) is 6. The molecule has 0 saturated carbocycles. The van der Waals surface area contributed by atoms with Gasteiger partial charge in [0.25, 0.3) is 0 Å². The second-order valence-electron chi connectivity index (χ2n) is 0.632. The number of rotatable bonds is 0. The van der Waals surface area contributed by atoms with Crippen LogP contribution in [-0.4, -0.2) is 163 Å². The van der Waals surface area contributed by atoms with Gasteiger partial charge in [0.2, 0.25) is 0 Å². The number of hydrogen-bond donors (Lipinski definition) is 6. The molecule has 12 nitrogen and oxygen atoms in total. The zero-order valence-corrected chi connectivity index (χ0v) is 21.0. The van der Waals surface area contributed by atoms with Gasteiger partial charge in [-0.1, -0.05) is 0 Å². The maximum absolute atomic E-state index is 8.57. The van der Waals surface area contributed by atoms with Crippen LogP contribution in [0, 0.1) is 0 Å². The minimum Gasteiger partial charge on any atom is 2.00 e. The second kappa shape index (κ2) is 122. The van der Waals surface area contributed by atoms with Crippen molar-refractivity contribution in [1.82, 2.24) is 0 Å². The maximum atomic E-state index is 8.57. The van der Waals surface area contributed by atoms with Crippen molar-refractivity contribution in [1.29, 1.82) is 0 Å². The van der Waals surface area contributed by atoms with Gasteiger partial charge >= 0.3 is 186 Å². The van der Waals surface area contributed by atoms with Gasteiger partial charge in [-0.25, -0.2) is 0 Å². The summed E-state index contributed by atoms with van der Waals surface area (Å²) in [6.07, 6.45) is 0. The Kier molecular flexibility index (Phi) is 302. The minimum absolute atomic E-state index is 0. The van der Waals surface area contributed by atoms with E-state index in [1.807, 2.05) is 0 Å². The van der Waals surface area contributed by atoms with E-state index in [-0.39, 0.29) is 64.8 Å². The molecule has 0 heterocycles. The van der Waals surface area contributed by atoms with Crippen molar-refractivity contribution in [2.45, 2.75) is 0 Å². The largest absolute Gasteiger partial charge is 2.00 e. The molecule has 0 atom stereocenters. The zero-order chi connectivity index (χ0) is 16.2. The summed E-state index contributed by atoms with van der Waals surface area (Å²) in [4.78, 5) is 0. The van der Waals surface area contributed by atoms with Crippen molar-refractivity contribution >= 4 is 138 Å². The smallest absolute Gasteiger partial charge is 2.00 e. The summed E-state index contributed by atoms with van der Waals surface area (Å²) in [6.45, 7) is 0. The van der Waals surface area contributed by atoms with Crippen molar-refractivity contribution in [2.75, 3.05) is 0 Å². The van der Waals surface area contributed by atoms with Gasteiger partial charge in [0.15, 0.2) is 0 Å². The van der Waals surface area contributed by atoms with Gasteiger partial charge in [-0.05, 0) is 0 Å². The zero-order valence-electron chi connectivity index (χ0n) is 11.6. The predicted molar refractivity (Wildman–Crippen MR) is 59.9 cm³/mol. The van der Waals surface area contributed by atoms with Gasteiger partial charge in [0.1, 0.15) is 0 Å². The normalized spacial score (nSPS) is 2.40. The average Bonchev–Trinajstić information content (AvgIpc) is 2.23. The third-order valence-corrected chi connectivity index (χ3v) is 0.